The molecule has 0 aliphatic heterocycles. The molecule has 2 heterocycles. The van der Waals surface area contributed by atoms with Gasteiger partial charge in [-0.25, -0.2) is 9.97 Å². The zero-order chi connectivity index (χ0) is 20.3. The number of nitrogens with zero attached hydrogens (tertiary/aromatic N) is 2. The number of hydrogen-bond acceptors (Lipinski definition) is 6. The van der Waals surface area contributed by atoms with Crippen molar-refractivity contribution in [2.45, 2.75) is 0 Å². The zero-order valence-corrected chi connectivity index (χ0v) is 16.7. The fourth-order valence-electron chi connectivity index (χ4n) is 3.17. The molecule has 5 aromatic rings. The van der Waals surface area contributed by atoms with Crippen molar-refractivity contribution >= 4 is 44.4 Å². The van der Waals surface area contributed by atoms with E-state index in [1.54, 1.807) is 29.8 Å². The fraction of sp³-hybridized carbons (Fsp3) is 0. The van der Waals surface area contributed by atoms with Crippen LogP contribution in [0.2, 0.25) is 0 Å². The number of phenolic OH excluding ortho intramolecular Hbond substituents is 1. The van der Waals surface area contributed by atoms with Crippen LogP contribution in [0.1, 0.15) is 0 Å². The number of anilines is 4. The van der Waals surface area contributed by atoms with E-state index >= 15 is 0 Å². The number of hydrogen-bond donors (Lipinski definition) is 3. The predicted molar refractivity (Wildman–Crippen MR) is 124 cm³/mol. The van der Waals surface area contributed by atoms with Gasteiger partial charge in [0, 0.05) is 21.9 Å². The van der Waals surface area contributed by atoms with Crippen LogP contribution >= 0.6 is 11.3 Å². The summed E-state index contributed by atoms with van der Waals surface area (Å²) in [6, 6.07) is 27.4. The molecule has 30 heavy (non-hydrogen) atoms. The third-order valence-electron chi connectivity index (χ3n) is 4.67. The van der Waals surface area contributed by atoms with Gasteiger partial charge in [0.2, 0.25) is 0 Å². The van der Waals surface area contributed by atoms with Gasteiger partial charge in [-0.15, -0.1) is 11.3 Å². The SMILES string of the molecule is Oc1ccc(Nc2ccc(Nc3ncnc4cc(-c5ccccc5)sc34)cc2)cc1. The Balaban J connectivity index is 1.37. The molecule has 0 fully saturated rings. The Morgan fingerprint density at radius 2 is 1.33 bits per heavy atom. The molecule has 0 aliphatic rings. The lowest BCUT2D eigenvalue weighted by atomic mass is 10.2. The van der Waals surface area contributed by atoms with Crippen LogP contribution in [0.25, 0.3) is 20.7 Å². The molecule has 0 spiro atoms. The molecule has 6 heteroatoms. The normalized spacial score (nSPS) is 10.8. The van der Waals surface area contributed by atoms with Crippen LogP contribution in [0.5, 0.6) is 5.75 Å². The molecule has 0 saturated heterocycles. The summed E-state index contributed by atoms with van der Waals surface area (Å²) in [4.78, 5) is 10.1. The Kier molecular flexibility index (Phi) is 4.75. The number of fused-ring (bicyclic) bond motifs is 1. The summed E-state index contributed by atoms with van der Waals surface area (Å²) >= 11 is 1.68. The van der Waals surface area contributed by atoms with Gasteiger partial charge in [0.05, 0.1) is 10.2 Å². The highest BCUT2D eigenvalue weighted by atomic mass is 32.1. The van der Waals surface area contributed by atoms with Gasteiger partial charge in [-0.05, 0) is 60.2 Å². The summed E-state index contributed by atoms with van der Waals surface area (Å²) in [5, 5.41) is 16.1. The van der Waals surface area contributed by atoms with E-state index in [1.807, 2.05) is 54.6 Å². The molecule has 0 unspecified atom stereocenters. The topological polar surface area (TPSA) is 70.1 Å². The van der Waals surface area contributed by atoms with E-state index in [1.165, 1.54) is 10.4 Å². The van der Waals surface area contributed by atoms with Crippen molar-refractivity contribution in [3.63, 3.8) is 0 Å². The van der Waals surface area contributed by atoms with Crippen molar-refractivity contribution in [3.8, 4) is 16.2 Å². The van der Waals surface area contributed by atoms with Crippen molar-refractivity contribution in [1.82, 2.24) is 9.97 Å². The van der Waals surface area contributed by atoms with E-state index in [-0.39, 0.29) is 5.75 Å². The first-order valence-electron chi connectivity index (χ1n) is 9.48. The van der Waals surface area contributed by atoms with Gasteiger partial charge >= 0.3 is 0 Å². The summed E-state index contributed by atoms with van der Waals surface area (Å²) in [7, 11) is 0. The molecular formula is C24H18N4OS. The monoisotopic (exact) mass is 410 g/mol. The number of phenols is 1. The number of thiophene rings is 1. The maximum absolute atomic E-state index is 9.40. The maximum Gasteiger partial charge on any atom is 0.151 e. The third-order valence-corrected chi connectivity index (χ3v) is 5.85. The van der Waals surface area contributed by atoms with E-state index in [2.05, 4.69) is 38.8 Å². The fourth-order valence-corrected chi connectivity index (χ4v) is 4.23. The van der Waals surface area contributed by atoms with Crippen LogP contribution in [0, 0.1) is 0 Å². The van der Waals surface area contributed by atoms with Crippen LogP contribution in [0.15, 0.2) is 91.3 Å². The summed E-state index contributed by atoms with van der Waals surface area (Å²) < 4.78 is 1.03. The second-order valence-corrected chi connectivity index (χ2v) is 7.84. The largest absolute Gasteiger partial charge is 0.508 e. The maximum atomic E-state index is 9.40. The van der Waals surface area contributed by atoms with E-state index in [9.17, 15) is 5.11 Å². The second-order valence-electron chi connectivity index (χ2n) is 6.79. The van der Waals surface area contributed by atoms with Gasteiger partial charge in [0.1, 0.15) is 12.1 Å². The molecule has 0 atom stereocenters. The molecule has 0 saturated carbocycles. The van der Waals surface area contributed by atoms with Gasteiger partial charge in [0.15, 0.2) is 5.82 Å². The number of aromatic hydroxyl groups is 1. The highest BCUT2D eigenvalue weighted by Crippen LogP contribution is 2.36. The number of benzene rings is 3. The highest BCUT2D eigenvalue weighted by molar-refractivity contribution is 7.22. The molecule has 146 valence electrons. The molecule has 0 aliphatic carbocycles. The molecule has 2 aromatic heterocycles. The summed E-state index contributed by atoms with van der Waals surface area (Å²) in [6.07, 6.45) is 1.59. The van der Waals surface area contributed by atoms with Gasteiger partial charge in [-0.2, -0.15) is 0 Å². The lowest BCUT2D eigenvalue weighted by molar-refractivity contribution is 0.475. The van der Waals surface area contributed by atoms with Gasteiger partial charge in [-0.3, -0.25) is 0 Å². The van der Waals surface area contributed by atoms with Crippen LogP contribution in [0.3, 0.4) is 0 Å². The predicted octanol–water partition coefficient (Wildman–Crippen LogP) is 6.55. The van der Waals surface area contributed by atoms with Crippen molar-refractivity contribution in [3.05, 3.63) is 91.3 Å². The number of nitrogens with one attached hydrogen (secondary N) is 2. The lowest BCUT2D eigenvalue weighted by Gasteiger charge is -2.09. The van der Waals surface area contributed by atoms with E-state index < -0.39 is 0 Å². The molecule has 0 radical (unpaired) electrons. The quantitative estimate of drug-likeness (QED) is 0.287. The summed E-state index contributed by atoms with van der Waals surface area (Å²) in [5.41, 5.74) is 4.93. The standard InChI is InChI=1S/C24H18N4OS/c29-20-12-10-18(11-13-20)27-17-6-8-19(9-7-17)28-24-23-21(25-15-26-24)14-22(30-23)16-4-2-1-3-5-16/h1-15,27,29H,(H,25,26,28). The van der Waals surface area contributed by atoms with Crippen molar-refractivity contribution in [2.75, 3.05) is 10.6 Å². The Morgan fingerprint density at radius 3 is 2.03 bits per heavy atom. The van der Waals surface area contributed by atoms with Crippen LogP contribution in [-0.4, -0.2) is 15.1 Å². The Bertz CT molecular complexity index is 1280. The minimum absolute atomic E-state index is 0.250. The highest BCUT2D eigenvalue weighted by Gasteiger charge is 2.10. The molecular weight excluding hydrogens is 392 g/mol. The molecule has 0 bridgehead atoms. The van der Waals surface area contributed by atoms with Crippen LogP contribution in [0.4, 0.5) is 22.9 Å². The van der Waals surface area contributed by atoms with Crippen LogP contribution in [-0.2, 0) is 0 Å². The van der Waals surface area contributed by atoms with E-state index in [0.29, 0.717) is 0 Å². The lowest BCUT2D eigenvalue weighted by Crippen LogP contribution is -1.95. The minimum atomic E-state index is 0.250. The molecule has 3 aromatic carbocycles. The third kappa shape index (κ3) is 3.81. The smallest absolute Gasteiger partial charge is 0.151 e. The van der Waals surface area contributed by atoms with Gasteiger partial charge in [0.25, 0.3) is 0 Å². The summed E-state index contributed by atoms with van der Waals surface area (Å²) in [6.45, 7) is 0. The number of aromatic nitrogens is 2. The average molecular weight is 411 g/mol. The van der Waals surface area contributed by atoms with Crippen molar-refractivity contribution in [2.24, 2.45) is 0 Å². The first-order chi connectivity index (χ1) is 14.7. The van der Waals surface area contributed by atoms with Crippen LogP contribution < -0.4 is 10.6 Å². The van der Waals surface area contributed by atoms with E-state index in [4.69, 9.17) is 0 Å². The van der Waals surface area contributed by atoms with Crippen molar-refractivity contribution < 1.29 is 5.11 Å². The second kappa shape index (κ2) is 7.85. The Morgan fingerprint density at radius 1 is 0.700 bits per heavy atom. The first kappa shape index (κ1) is 18.1. The van der Waals surface area contributed by atoms with E-state index in [0.717, 1.165) is 33.1 Å². The molecule has 0 amide bonds. The zero-order valence-electron chi connectivity index (χ0n) is 15.9. The Labute approximate surface area is 177 Å². The molecule has 5 nitrogen and oxygen atoms in total. The molecule has 5 rings (SSSR count). The first-order valence-corrected chi connectivity index (χ1v) is 10.3. The molecule has 3 N–H and O–H groups in total. The average Bonchev–Trinajstić information content (AvgIpc) is 3.23. The summed E-state index contributed by atoms with van der Waals surface area (Å²) in [5.74, 6) is 1.05. The number of rotatable bonds is 5. The minimum Gasteiger partial charge on any atom is -0.508 e. The van der Waals surface area contributed by atoms with Crippen molar-refractivity contribution in [1.29, 1.82) is 0 Å². The Hall–Kier alpha value is -3.90. The van der Waals surface area contributed by atoms with Gasteiger partial charge in [-0.1, -0.05) is 30.3 Å². The van der Waals surface area contributed by atoms with Gasteiger partial charge < -0.3 is 15.7 Å².